The molecule has 1 unspecified atom stereocenters. The standard InChI is InChI=1S/C17H14Br2N2/c1-20-17(14-8-7-11(18)10-15(14)19)13-4-2-6-16-12(13)5-3-9-21-16/h2-10,17,20H,1H3. The van der Waals surface area contributed by atoms with Gasteiger partial charge in [-0.1, -0.05) is 56.1 Å². The number of fused-ring (bicyclic) bond motifs is 1. The van der Waals surface area contributed by atoms with E-state index in [1.165, 1.54) is 16.5 Å². The van der Waals surface area contributed by atoms with E-state index >= 15 is 0 Å². The summed E-state index contributed by atoms with van der Waals surface area (Å²) in [5.74, 6) is 0. The normalized spacial score (nSPS) is 12.5. The topological polar surface area (TPSA) is 24.9 Å². The van der Waals surface area contributed by atoms with E-state index in [-0.39, 0.29) is 6.04 Å². The van der Waals surface area contributed by atoms with E-state index in [0.717, 1.165) is 14.5 Å². The fraction of sp³-hybridized carbons (Fsp3) is 0.118. The van der Waals surface area contributed by atoms with Crippen molar-refractivity contribution in [1.82, 2.24) is 10.3 Å². The average Bonchev–Trinajstić information content (AvgIpc) is 2.50. The van der Waals surface area contributed by atoms with Gasteiger partial charge in [0.1, 0.15) is 0 Å². The molecule has 0 spiro atoms. The second-order valence-corrected chi connectivity index (χ2v) is 6.57. The highest BCUT2D eigenvalue weighted by atomic mass is 79.9. The third-order valence-electron chi connectivity index (χ3n) is 3.55. The van der Waals surface area contributed by atoms with Crippen molar-refractivity contribution in [2.24, 2.45) is 0 Å². The SMILES string of the molecule is CNC(c1ccc(Br)cc1Br)c1cccc2ncccc12. The fourth-order valence-electron chi connectivity index (χ4n) is 2.59. The second kappa shape index (κ2) is 6.26. The first-order chi connectivity index (χ1) is 10.2. The molecule has 4 heteroatoms. The number of rotatable bonds is 3. The predicted molar refractivity (Wildman–Crippen MR) is 94.5 cm³/mol. The van der Waals surface area contributed by atoms with Gasteiger partial charge in [0.25, 0.3) is 0 Å². The molecule has 1 aromatic heterocycles. The maximum Gasteiger partial charge on any atom is 0.0705 e. The van der Waals surface area contributed by atoms with Crippen LogP contribution in [0.3, 0.4) is 0 Å². The van der Waals surface area contributed by atoms with Crippen LogP contribution in [0, 0.1) is 0 Å². The van der Waals surface area contributed by atoms with Crippen molar-refractivity contribution in [3.8, 4) is 0 Å². The van der Waals surface area contributed by atoms with Crippen LogP contribution >= 0.6 is 31.9 Å². The number of aromatic nitrogens is 1. The second-order valence-electron chi connectivity index (χ2n) is 4.80. The Morgan fingerprint density at radius 3 is 2.62 bits per heavy atom. The van der Waals surface area contributed by atoms with Gasteiger partial charge in [-0.3, -0.25) is 4.98 Å². The Morgan fingerprint density at radius 2 is 1.86 bits per heavy atom. The molecular weight excluding hydrogens is 392 g/mol. The summed E-state index contributed by atoms with van der Waals surface area (Å²) in [5, 5.41) is 4.59. The van der Waals surface area contributed by atoms with Gasteiger partial charge in [0.2, 0.25) is 0 Å². The van der Waals surface area contributed by atoms with Crippen molar-refractivity contribution in [2.75, 3.05) is 7.05 Å². The van der Waals surface area contributed by atoms with Crippen LogP contribution in [0.1, 0.15) is 17.2 Å². The zero-order valence-electron chi connectivity index (χ0n) is 11.5. The molecule has 0 radical (unpaired) electrons. The van der Waals surface area contributed by atoms with E-state index < -0.39 is 0 Å². The van der Waals surface area contributed by atoms with Crippen LogP contribution in [0.25, 0.3) is 10.9 Å². The summed E-state index contributed by atoms with van der Waals surface area (Å²) in [7, 11) is 1.98. The van der Waals surface area contributed by atoms with Gasteiger partial charge in [0.05, 0.1) is 11.6 Å². The van der Waals surface area contributed by atoms with Crippen molar-refractivity contribution in [2.45, 2.75) is 6.04 Å². The van der Waals surface area contributed by atoms with Gasteiger partial charge in [-0.25, -0.2) is 0 Å². The van der Waals surface area contributed by atoms with Gasteiger partial charge < -0.3 is 5.32 Å². The Balaban J connectivity index is 2.18. The number of hydrogen-bond acceptors (Lipinski definition) is 2. The van der Waals surface area contributed by atoms with Crippen molar-refractivity contribution in [3.05, 3.63) is 74.8 Å². The Morgan fingerprint density at radius 1 is 1.00 bits per heavy atom. The molecule has 0 amide bonds. The molecule has 0 aliphatic carbocycles. The highest BCUT2D eigenvalue weighted by Gasteiger charge is 2.17. The van der Waals surface area contributed by atoms with E-state index in [2.05, 4.69) is 78.6 Å². The minimum atomic E-state index is 0.111. The molecule has 0 aliphatic heterocycles. The lowest BCUT2D eigenvalue weighted by atomic mass is 9.95. The molecule has 0 bridgehead atoms. The highest BCUT2D eigenvalue weighted by Crippen LogP contribution is 2.33. The lowest BCUT2D eigenvalue weighted by molar-refractivity contribution is 0.693. The van der Waals surface area contributed by atoms with Crippen LogP contribution in [-0.2, 0) is 0 Å². The summed E-state index contributed by atoms with van der Waals surface area (Å²) in [6, 6.07) is 16.7. The smallest absolute Gasteiger partial charge is 0.0705 e. The Kier molecular flexibility index (Phi) is 4.38. The van der Waals surface area contributed by atoms with Crippen molar-refractivity contribution < 1.29 is 0 Å². The lowest BCUT2D eigenvalue weighted by Crippen LogP contribution is -2.18. The van der Waals surface area contributed by atoms with Gasteiger partial charge in [-0.05, 0) is 42.4 Å². The summed E-state index contributed by atoms with van der Waals surface area (Å²) >= 11 is 7.17. The molecule has 0 fully saturated rings. The number of halogens is 2. The van der Waals surface area contributed by atoms with Crippen LogP contribution in [0.4, 0.5) is 0 Å². The first kappa shape index (κ1) is 14.7. The number of benzene rings is 2. The van der Waals surface area contributed by atoms with E-state index in [1.807, 2.05) is 25.4 Å². The number of nitrogens with zero attached hydrogens (tertiary/aromatic N) is 1. The largest absolute Gasteiger partial charge is 0.309 e. The highest BCUT2D eigenvalue weighted by molar-refractivity contribution is 9.11. The van der Waals surface area contributed by atoms with Crippen LogP contribution in [0.5, 0.6) is 0 Å². The third kappa shape index (κ3) is 2.89. The van der Waals surface area contributed by atoms with Crippen molar-refractivity contribution >= 4 is 42.8 Å². The molecule has 21 heavy (non-hydrogen) atoms. The third-order valence-corrected chi connectivity index (χ3v) is 4.73. The zero-order valence-corrected chi connectivity index (χ0v) is 14.6. The Bertz CT molecular complexity index is 781. The van der Waals surface area contributed by atoms with Crippen LogP contribution in [0.15, 0.2) is 63.7 Å². The minimum Gasteiger partial charge on any atom is -0.309 e. The maximum absolute atomic E-state index is 4.44. The molecule has 0 saturated heterocycles. The molecule has 3 aromatic rings. The first-order valence-corrected chi connectivity index (χ1v) is 8.25. The van der Waals surface area contributed by atoms with Crippen LogP contribution in [0.2, 0.25) is 0 Å². The van der Waals surface area contributed by atoms with Crippen LogP contribution in [-0.4, -0.2) is 12.0 Å². The molecule has 1 atom stereocenters. The van der Waals surface area contributed by atoms with Gasteiger partial charge in [-0.2, -0.15) is 0 Å². The molecule has 0 aliphatic rings. The van der Waals surface area contributed by atoms with Gasteiger partial charge in [0.15, 0.2) is 0 Å². The van der Waals surface area contributed by atoms with Crippen molar-refractivity contribution in [1.29, 1.82) is 0 Å². The van der Waals surface area contributed by atoms with Gasteiger partial charge >= 0.3 is 0 Å². The van der Waals surface area contributed by atoms with E-state index in [1.54, 1.807) is 0 Å². The average molecular weight is 406 g/mol. The number of nitrogens with one attached hydrogen (secondary N) is 1. The molecule has 3 rings (SSSR count). The zero-order chi connectivity index (χ0) is 14.8. The molecule has 2 nitrogen and oxygen atoms in total. The van der Waals surface area contributed by atoms with Crippen LogP contribution < -0.4 is 5.32 Å². The van der Waals surface area contributed by atoms with Gasteiger partial charge in [0, 0.05) is 20.5 Å². The van der Waals surface area contributed by atoms with Gasteiger partial charge in [-0.15, -0.1) is 0 Å². The molecule has 0 saturated carbocycles. The summed E-state index contributed by atoms with van der Waals surface area (Å²) in [5.41, 5.74) is 3.45. The quantitative estimate of drug-likeness (QED) is 0.657. The maximum atomic E-state index is 4.44. The van der Waals surface area contributed by atoms with E-state index in [0.29, 0.717) is 0 Å². The molecule has 2 aromatic carbocycles. The molecule has 1 heterocycles. The minimum absolute atomic E-state index is 0.111. The molecule has 1 N–H and O–H groups in total. The predicted octanol–water partition coefficient (Wildman–Crippen LogP) is 5.07. The monoisotopic (exact) mass is 404 g/mol. The molecular formula is C17H14Br2N2. The lowest BCUT2D eigenvalue weighted by Gasteiger charge is -2.20. The van der Waals surface area contributed by atoms with Crippen molar-refractivity contribution in [3.63, 3.8) is 0 Å². The van der Waals surface area contributed by atoms with E-state index in [9.17, 15) is 0 Å². The molecule has 106 valence electrons. The Labute approximate surface area is 140 Å². The Hall–Kier alpha value is -1.23. The first-order valence-electron chi connectivity index (χ1n) is 6.66. The number of pyridine rings is 1. The fourth-order valence-corrected chi connectivity index (χ4v) is 3.87. The summed E-state index contributed by atoms with van der Waals surface area (Å²) in [6.45, 7) is 0. The summed E-state index contributed by atoms with van der Waals surface area (Å²) < 4.78 is 2.14. The van der Waals surface area contributed by atoms with E-state index in [4.69, 9.17) is 0 Å². The number of hydrogen-bond donors (Lipinski definition) is 1. The summed E-state index contributed by atoms with van der Waals surface area (Å²) in [4.78, 5) is 4.44. The summed E-state index contributed by atoms with van der Waals surface area (Å²) in [6.07, 6.45) is 1.83.